The van der Waals surface area contributed by atoms with Gasteiger partial charge in [-0.15, -0.1) is 0 Å². The first kappa shape index (κ1) is 9.16. The molecular weight excluding hydrogens is 157 g/mol. The summed E-state index contributed by atoms with van der Waals surface area (Å²) in [6.07, 6.45) is 0.687. The first-order chi connectivity index (χ1) is 5.65. The maximum absolute atomic E-state index is 12.7. The minimum Gasteiger partial charge on any atom is -0.629 e. The second-order valence-corrected chi connectivity index (χ2v) is 2.71. The van der Waals surface area contributed by atoms with Gasteiger partial charge in [0.1, 0.15) is 11.5 Å². The fraction of sp³-hybridized carbons (Fsp3) is 0.333. The lowest BCUT2D eigenvalue weighted by atomic mass is 10.1. The summed E-state index contributed by atoms with van der Waals surface area (Å²) in [5.74, 6) is -0.281. The summed E-state index contributed by atoms with van der Waals surface area (Å²) in [5.41, 5.74) is 1.40. The SMILES string of the molecule is CCc1cc(F)ccc1[NH+](C)[O-]. The number of hydrogen-bond donors (Lipinski definition) is 1. The second-order valence-electron chi connectivity index (χ2n) is 2.71. The number of rotatable bonds is 2. The minimum atomic E-state index is -0.281. The monoisotopic (exact) mass is 169 g/mol. The highest BCUT2D eigenvalue weighted by molar-refractivity contribution is 5.39. The highest BCUT2D eigenvalue weighted by Gasteiger charge is 2.05. The van der Waals surface area contributed by atoms with Gasteiger partial charge in [0.15, 0.2) is 0 Å². The fourth-order valence-corrected chi connectivity index (χ4v) is 1.20. The average molecular weight is 169 g/mol. The zero-order chi connectivity index (χ0) is 9.14. The average Bonchev–Trinajstić information content (AvgIpc) is 2.03. The topological polar surface area (TPSA) is 27.5 Å². The maximum Gasteiger partial charge on any atom is 0.134 e. The van der Waals surface area contributed by atoms with Crippen LogP contribution in [0.1, 0.15) is 12.5 Å². The van der Waals surface area contributed by atoms with Crippen molar-refractivity contribution in [3.63, 3.8) is 0 Å². The molecule has 3 heteroatoms. The van der Waals surface area contributed by atoms with Gasteiger partial charge in [0, 0.05) is 11.6 Å². The summed E-state index contributed by atoms with van der Waals surface area (Å²) >= 11 is 0. The molecule has 0 fully saturated rings. The van der Waals surface area contributed by atoms with Gasteiger partial charge in [-0.25, -0.2) is 4.39 Å². The molecule has 0 aromatic heterocycles. The van der Waals surface area contributed by atoms with E-state index in [4.69, 9.17) is 0 Å². The number of benzene rings is 1. The van der Waals surface area contributed by atoms with Crippen LogP contribution in [0, 0.1) is 11.0 Å². The van der Waals surface area contributed by atoms with Crippen molar-refractivity contribution in [2.24, 2.45) is 0 Å². The molecule has 0 amide bonds. The number of aryl methyl sites for hydroxylation is 1. The van der Waals surface area contributed by atoms with Crippen molar-refractivity contribution in [1.82, 2.24) is 0 Å². The van der Waals surface area contributed by atoms with Gasteiger partial charge in [0.05, 0.1) is 7.05 Å². The highest BCUT2D eigenvalue weighted by Crippen LogP contribution is 2.12. The fourth-order valence-electron chi connectivity index (χ4n) is 1.20. The molecule has 66 valence electrons. The van der Waals surface area contributed by atoms with Crippen molar-refractivity contribution in [3.8, 4) is 0 Å². The first-order valence-electron chi connectivity index (χ1n) is 3.94. The van der Waals surface area contributed by atoms with Crippen LogP contribution in [0.25, 0.3) is 0 Å². The van der Waals surface area contributed by atoms with Crippen molar-refractivity contribution >= 4 is 5.69 Å². The predicted molar refractivity (Wildman–Crippen MR) is 45.7 cm³/mol. The van der Waals surface area contributed by atoms with E-state index in [1.54, 1.807) is 0 Å². The van der Waals surface area contributed by atoms with Crippen molar-refractivity contribution in [1.29, 1.82) is 0 Å². The van der Waals surface area contributed by atoms with Gasteiger partial charge in [-0.2, -0.15) is 0 Å². The molecule has 0 spiro atoms. The van der Waals surface area contributed by atoms with E-state index in [1.165, 1.54) is 25.2 Å². The third-order valence-electron chi connectivity index (χ3n) is 1.83. The molecule has 0 bridgehead atoms. The Bertz CT molecular complexity index is 273. The van der Waals surface area contributed by atoms with E-state index >= 15 is 0 Å². The van der Waals surface area contributed by atoms with Gasteiger partial charge in [0.25, 0.3) is 0 Å². The Balaban J connectivity index is 3.11. The van der Waals surface area contributed by atoms with Crippen LogP contribution in [-0.4, -0.2) is 7.05 Å². The Hall–Kier alpha value is -0.930. The molecule has 1 aromatic carbocycles. The molecule has 1 rings (SSSR count). The van der Waals surface area contributed by atoms with Crippen LogP contribution in [0.2, 0.25) is 0 Å². The Morgan fingerprint density at radius 3 is 2.67 bits per heavy atom. The maximum atomic E-state index is 12.7. The van der Waals surface area contributed by atoms with Gasteiger partial charge in [-0.05, 0) is 18.6 Å². The normalized spacial score (nSPS) is 13.0. The lowest BCUT2D eigenvalue weighted by Gasteiger charge is -2.18. The molecular formula is C9H12FNO. The Kier molecular flexibility index (Phi) is 2.78. The van der Waals surface area contributed by atoms with Crippen molar-refractivity contribution in [2.45, 2.75) is 13.3 Å². The van der Waals surface area contributed by atoms with Crippen molar-refractivity contribution < 1.29 is 9.45 Å². The minimum absolute atomic E-state index is 0.00755. The van der Waals surface area contributed by atoms with E-state index < -0.39 is 0 Å². The molecule has 0 saturated carbocycles. The number of hydroxylamine groups is 1. The molecule has 1 unspecified atom stereocenters. The summed E-state index contributed by atoms with van der Waals surface area (Å²) in [4.78, 5) is 0. The second kappa shape index (κ2) is 3.65. The van der Waals surface area contributed by atoms with Crippen LogP contribution in [0.4, 0.5) is 10.1 Å². The van der Waals surface area contributed by atoms with Crippen LogP contribution in [-0.2, 0) is 6.42 Å². The molecule has 0 aliphatic heterocycles. The summed E-state index contributed by atoms with van der Waals surface area (Å²) < 4.78 is 12.7. The van der Waals surface area contributed by atoms with E-state index in [9.17, 15) is 9.60 Å². The van der Waals surface area contributed by atoms with E-state index in [2.05, 4.69) is 0 Å². The molecule has 1 atom stereocenters. The zero-order valence-corrected chi connectivity index (χ0v) is 7.23. The summed E-state index contributed by atoms with van der Waals surface area (Å²) in [5, 5.41) is 11.0. The molecule has 2 nitrogen and oxygen atoms in total. The van der Waals surface area contributed by atoms with Crippen LogP contribution in [0.3, 0.4) is 0 Å². The number of quaternary nitrogens is 1. The highest BCUT2D eigenvalue weighted by atomic mass is 19.1. The molecule has 12 heavy (non-hydrogen) atoms. The Morgan fingerprint density at radius 2 is 2.17 bits per heavy atom. The van der Waals surface area contributed by atoms with E-state index in [-0.39, 0.29) is 10.9 Å². The molecule has 0 radical (unpaired) electrons. The zero-order valence-electron chi connectivity index (χ0n) is 7.23. The van der Waals surface area contributed by atoms with Gasteiger partial charge in [-0.3, -0.25) is 0 Å². The van der Waals surface area contributed by atoms with Crippen LogP contribution >= 0.6 is 0 Å². The largest absolute Gasteiger partial charge is 0.629 e. The summed E-state index contributed by atoms with van der Waals surface area (Å²) in [6, 6.07) is 4.27. The first-order valence-corrected chi connectivity index (χ1v) is 3.94. The number of halogens is 1. The van der Waals surface area contributed by atoms with Gasteiger partial charge in [-0.1, -0.05) is 6.92 Å². The van der Waals surface area contributed by atoms with Gasteiger partial charge >= 0.3 is 0 Å². The smallest absolute Gasteiger partial charge is 0.134 e. The third kappa shape index (κ3) is 1.81. The molecule has 0 aliphatic carbocycles. The third-order valence-corrected chi connectivity index (χ3v) is 1.83. The van der Waals surface area contributed by atoms with Crippen LogP contribution in [0.15, 0.2) is 18.2 Å². The van der Waals surface area contributed by atoms with Crippen LogP contribution in [0.5, 0.6) is 0 Å². The van der Waals surface area contributed by atoms with Gasteiger partial charge < -0.3 is 10.3 Å². The van der Waals surface area contributed by atoms with E-state index in [0.29, 0.717) is 12.1 Å². The summed E-state index contributed by atoms with van der Waals surface area (Å²) in [6.45, 7) is 1.90. The van der Waals surface area contributed by atoms with Crippen molar-refractivity contribution in [2.75, 3.05) is 7.05 Å². The standard InChI is InChI=1S/C9H12FNO/c1-3-7-6-8(10)4-5-9(7)11(2)12/h4-6,11H,3H2,1-2H3. The van der Waals surface area contributed by atoms with E-state index in [1.807, 2.05) is 6.92 Å². The van der Waals surface area contributed by atoms with E-state index in [0.717, 1.165) is 5.56 Å². The van der Waals surface area contributed by atoms with Gasteiger partial charge in [0.2, 0.25) is 0 Å². The van der Waals surface area contributed by atoms with Crippen LogP contribution < -0.4 is 5.06 Å². The lowest BCUT2D eigenvalue weighted by molar-refractivity contribution is -0.751. The molecule has 0 heterocycles. The molecule has 0 aliphatic rings. The molecule has 1 aromatic rings. The molecule has 0 saturated heterocycles. The summed E-state index contributed by atoms with van der Waals surface area (Å²) in [7, 11) is 1.49. The predicted octanol–water partition coefficient (Wildman–Crippen LogP) is 1.03. The Labute approximate surface area is 71.2 Å². The lowest BCUT2D eigenvalue weighted by Crippen LogP contribution is -2.98. The number of hydrogen-bond acceptors (Lipinski definition) is 1. The quantitative estimate of drug-likeness (QED) is 0.658. The molecule has 1 N–H and O–H groups in total. The number of nitrogens with one attached hydrogen (secondary N) is 1. The Morgan fingerprint density at radius 1 is 1.50 bits per heavy atom. The van der Waals surface area contributed by atoms with Crippen molar-refractivity contribution in [3.05, 3.63) is 34.8 Å².